The molecule has 0 aromatic heterocycles. The second kappa shape index (κ2) is 5.31. The van der Waals surface area contributed by atoms with Crippen molar-refractivity contribution in [1.82, 2.24) is 4.90 Å². The van der Waals surface area contributed by atoms with E-state index >= 15 is 0 Å². The fourth-order valence-corrected chi connectivity index (χ4v) is 3.22. The summed E-state index contributed by atoms with van der Waals surface area (Å²) in [5.74, 6) is 1.65. The number of likely N-dealkylation sites (tertiary alicyclic amines) is 1. The minimum Gasteiger partial charge on any atom is -0.379 e. The summed E-state index contributed by atoms with van der Waals surface area (Å²) in [6, 6.07) is 0. The summed E-state index contributed by atoms with van der Waals surface area (Å²) in [5, 5.41) is 0. The molecular weight excluding hydrogens is 186 g/mol. The number of hydrogen-bond donors (Lipinski definition) is 0. The molecule has 2 unspecified atom stereocenters. The highest BCUT2D eigenvalue weighted by atomic mass is 16.5. The van der Waals surface area contributed by atoms with E-state index in [-0.39, 0.29) is 0 Å². The summed E-state index contributed by atoms with van der Waals surface area (Å²) in [7, 11) is 2.26. The van der Waals surface area contributed by atoms with Gasteiger partial charge in [-0.1, -0.05) is 27.7 Å². The molecule has 2 nitrogen and oxygen atoms in total. The maximum absolute atomic E-state index is 5.59. The molecule has 2 fully saturated rings. The molecule has 0 radical (unpaired) electrons. The summed E-state index contributed by atoms with van der Waals surface area (Å²) in [6.07, 6.45) is 2.60. The molecule has 2 atom stereocenters. The highest BCUT2D eigenvalue weighted by Crippen LogP contribution is 2.43. The van der Waals surface area contributed by atoms with Gasteiger partial charge in [-0.15, -0.1) is 0 Å². The maximum Gasteiger partial charge on any atom is 0.0654 e. The SMILES string of the molecule is CC.CC(C)C1CCN(C)C12CCOC2. The Bertz CT molecular complexity index is 185. The van der Waals surface area contributed by atoms with Gasteiger partial charge >= 0.3 is 0 Å². The van der Waals surface area contributed by atoms with Crippen LogP contribution in [0.4, 0.5) is 0 Å². The van der Waals surface area contributed by atoms with Gasteiger partial charge in [-0.25, -0.2) is 0 Å². The van der Waals surface area contributed by atoms with Crippen molar-refractivity contribution >= 4 is 0 Å². The summed E-state index contributed by atoms with van der Waals surface area (Å²) >= 11 is 0. The Hall–Kier alpha value is -0.0800. The van der Waals surface area contributed by atoms with Crippen LogP contribution in [0.5, 0.6) is 0 Å². The lowest BCUT2D eigenvalue weighted by Crippen LogP contribution is -2.48. The normalized spacial score (nSPS) is 36.0. The third-order valence-electron chi connectivity index (χ3n) is 4.06. The van der Waals surface area contributed by atoms with Gasteiger partial charge in [0.15, 0.2) is 0 Å². The van der Waals surface area contributed by atoms with Crippen LogP contribution in [0.3, 0.4) is 0 Å². The monoisotopic (exact) mass is 213 g/mol. The summed E-state index contributed by atoms with van der Waals surface area (Å²) < 4.78 is 5.59. The van der Waals surface area contributed by atoms with Crippen molar-refractivity contribution in [3.8, 4) is 0 Å². The van der Waals surface area contributed by atoms with Gasteiger partial charge in [0.2, 0.25) is 0 Å². The van der Waals surface area contributed by atoms with Crippen LogP contribution < -0.4 is 0 Å². The average Bonchev–Trinajstić information content (AvgIpc) is 2.81. The minimum absolute atomic E-state index is 0.397. The predicted molar refractivity (Wildman–Crippen MR) is 65.1 cm³/mol. The first-order valence-electron chi connectivity index (χ1n) is 6.46. The molecule has 2 aliphatic heterocycles. The van der Waals surface area contributed by atoms with Gasteiger partial charge in [0.1, 0.15) is 0 Å². The van der Waals surface area contributed by atoms with Crippen molar-refractivity contribution in [1.29, 1.82) is 0 Å². The number of rotatable bonds is 1. The maximum atomic E-state index is 5.59. The van der Waals surface area contributed by atoms with E-state index in [1.165, 1.54) is 19.4 Å². The third kappa shape index (κ3) is 2.21. The van der Waals surface area contributed by atoms with Gasteiger partial charge < -0.3 is 4.74 Å². The molecule has 2 heterocycles. The van der Waals surface area contributed by atoms with Crippen molar-refractivity contribution in [2.24, 2.45) is 11.8 Å². The van der Waals surface area contributed by atoms with Crippen LogP contribution in [0.25, 0.3) is 0 Å². The van der Waals surface area contributed by atoms with Gasteiger partial charge in [-0.2, -0.15) is 0 Å². The van der Waals surface area contributed by atoms with Gasteiger partial charge in [0, 0.05) is 12.1 Å². The second-order valence-corrected chi connectivity index (χ2v) is 4.97. The molecule has 2 rings (SSSR count). The smallest absolute Gasteiger partial charge is 0.0654 e. The van der Waals surface area contributed by atoms with E-state index in [1.54, 1.807) is 0 Å². The Labute approximate surface area is 95.0 Å². The third-order valence-corrected chi connectivity index (χ3v) is 4.06. The molecule has 15 heavy (non-hydrogen) atoms. The quantitative estimate of drug-likeness (QED) is 0.664. The highest BCUT2D eigenvalue weighted by molar-refractivity contribution is 5.03. The van der Waals surface area contributed by atoms with E-state index in [0.717, 1.165) is 25.0 Å². The molecule has 90 valence electrons. The lowest BCUT2D eigenvalue weighted by atomic mass is 9.77. The predicted octanol–water partition coefficient (Wildman–Crippen LogP) is 2.78. The molecule has 0 bridgehead atoms. The molecular formula is C13H27NO. The van der Waals surface area contributed by atoms with Crippen LogP contribution in [0, 0.1) is 11.8 Å². The first-order valence-corrected chi connectivity index (χ1v) is 6.46. The molecule has 0 amide bonds. The topological polar surface area (TPSA) is 12.5 Å². The van der Waals surface area contributed by atoms with Gasteiger partial charge in [0.05, 0.1) is 6.61 Å². The average molecular weight is 213 g/mol. The summed E-state index contributed by atoms with van der Waals surface area (Å²) in [5.41, 5.74) is 0.397. The molecule has 0 aromatic rings. The Kier molecular flexibility index (Phi) is 4.60. The first kappa shape index (κ1) is 13.0. The van der Waals surface area contributed by atoms with Gasteiger partial charge in [0.25, 0.3) is 0 Å². The molecule has 0 aliphatic carbocycles. The Balaban J connectivity index is 0.000000531. The van der Waals surface area contributed by atoms with Crippen LogP contribution in [-0.4, -0.2) is 37.2 Å². The Morgan fingerprint density at radius 2 is 2.00 bits per heavy atom. The number of nitrogens with zero attached hydrogens (tertiary/aromatic N) is 1. The van der Waals surface area contributed by atoms with E-state index in [2.05, 4.69) is 25.8 Å². The van der Waals surface area contributed by atoms with Gasteiger partial charge in [-0.05, 0) is 38.3 Å². The van der Waals surface area contributed by atoms with Crippen molar-refractivity contribution in [3.05, 3.63) is 0 Å². The zero-order valence-corrected chi connectivity index (χ0v) is 11.0. The van der Waals surface area contributed by atoms with E-state index < -0.39 is 0 Å². The number of likely N-dealkylation sites (N-methyl/N-ethyl adjacent to an activating group) is 1. The van der Waals surface area contributed by atoms with Crippen LogP contribution in [0.15, 0.2) is 0 Å². The molecule has 2 heteroatoms. The van der Waals surface area contributed by atoms with E-state index in [0.29, 0.717) is 5.54 Å². The fraction of sp³-hybridized carbons (Fsp3) is 1.00. The van der Waals surface area contributed by atoms with E-state index in [4.69, 9.17) is 4.74 Å². The molecule has 2 aliphatic rings. The van der Waals surface area contributed by atoms with E-state index in [1.807, 2.05) is 13.8 Å². The first-order chi connectivity index (χ1) is 7.17. The zero-order chi connectivity index (χ0) is 11.5. The number of ether oxygens (including phenoxy) is 1. The standard InChI is InChI=1S/C11H21NO.C2H6/c1-9(2)10-4-6-12(3)11(10)5-7-13-8-11;1-2/h9-10H,4-8H2,1-3H3;1-2H3. The summed E-state index contributed by atoms with van der Waals surface area (Å²) in [4.78, 5) is 2.53. The van der Waals surface area contributed by atoms with Crippen LogP contribution in [0.2, 0.25) is 0 Å². The fourth-order valence-electron chi connectivity index (χ4n) is 3.22. The zero-order valence-electron chi connectivity index (χ0n) is 11.0. The molecule has 1 spiro atoms. The van der Waals surface area contributed by atoms with Crippen LogP contribution in [-0.2, 0) is 4.74 Å². The Morgan fingerprint density at radius 3 is 2.47 bits per heavy atom. The molecule has 0 aromatic carbocycles. The van der Waals surface area contributed by atoms with Crippen molar-refractivity contribution < 1.29 is 4.74 Å². The van der Waals surface area contributed by atoms with Gasteiger partial charge in [-0.3, -0.25) is 4.90 Å². The summed E-state index contributed by atoms with van der Waals surface area (Å²) in [6.45, 7) is 11.9. The Morgan fingerprint density at radius 1 is 1.33 bits per heavy atom. The molecule has 0 saturated carbocycles. The van der Waals surface area contributed by atoms with Crippen LogP contribution >= 0.6 is 0 Å². The molecule has 2 saturated heterocycles. The van der Waals surface area contributed by atoms with Crippen molar-refractivity contribution in [2.75, 3.05) is 26.8 Å². The lowest BCUT2D eigenvalue weighted by Gasteiger charge is -2.37. The van der Waals surface area contributed by atoms with Crippen LogP contribution in [0.1, 0.15) is 40.5 Å². The second-order valence-electron chi connectivity index (χ2n) is 4.97. The minimum atomic E-state index is 0.397. The van der Waals surface area contributed by atoms with E-state index in [9.17, 15) is 0 Å². The van der Waals surface area contributed by atoms with Crippen molar-refractivity contribution in [2.45, 2.75) is 46.1 Å². The number of hydrogen-bond acceptors (Lipinski definition) is 2. The highest BCUT2D eigenvalue weighted by Gasteiger charge is 2.50. The molecule has 0 N–H and O–H groups in total. The van der Waals surface area contributed by atoms with Crippen molar-refractivity contribution in [3.63, 3.8) is 0 Å². The largest absolute Gasteiger partial charge is 0.379 e. The lowest BCUT2D eigenvalue weighted by molar-refractivity contribution is 0.0767.